The number of carbonyl (C=O) groups is 1. The summed E-state index contributed by atoms with van der Waals surface area (Å²) in [5.41, 5.74) is 0.00680. The van der Waals surface area contributed by atoms with Gasteiger partial charge in [0.2, 0.25) is 0 Å². The molecule has 0 saturated heterocycles. The maximum absolute atomic E-state index is 14.4. The molecule has 2 aromatic rings. The van der Waals surface area contributed by atoms with Crippen LogP contribution in [0.15, 0.2) is 41.3 Å². The van der Waals surface area contributed by atoms with Crippen LogP contribution in [-0.4, -0.2) is 20.9 Å². The fourth-order valence-corrected chi connectivity index (χ4v) is 4.72. The van der Waals surface area contributed by atoms with Crippen molar-refractivity contribution in [2.75, 3.05) is 6.61 Å². The topological polar surface area (TPSA) is 72.5 Å². The van der Waals surface area contributed by atoms with Crippen molar-refractivity contribution in [3.05, 3.63) is 58.4 Å². The molecular weight excluding hydrogens is 405 g/mol. The highest BCUT2D eigenvalue weighted by molar-refractivity contribution is 7.90. The van der Waals surface area contributed by atoms with E-state index in [4.69, 9.17) is 16.3 Å². The van der Waals surface area contributed by atoms with E-state index in [9.17, 15) is 17.6 Å². The first-order valence-corrected chi connectivity index (χ1v) is 10.9. The Balaban J connectivity index is 1.76. The van der Waals surface area contributed by atoms with Crippen LogP contribution in [-0.2, 0) is 10.0 Å². The van der Waals surface area contributed by atoms with E-state index in [1.165, 1.54) is 6.07 Å². The number of amides is 1. The summed E-state index contributed by atoms with van der Waals surface area (Å²) in [6.07, 6.45) is 4.45. The fourth-order valence-electron chi connectivity index (χ4n) is 3.29. The van der Waals surface area contributed by atoms with Gasteiger partial charge in [-0.2, -0.15) is 0 Å². The van der Waals surface area contributed by atoms with E-state index in [2.05, 4.69) is 0 Å². The first kappa shape index (κ1) is 20.6. The van der Waals surface area contributed by atoms with E-state index >= 15 is 0 Å². The van der Waals surface area contributed by atoms with E-state index in [0.717, 1.165) is 37.8 Å². The monoisotopic (exact) mass is 425 g/mol. The summed E-state index contributed by atoms with van der Waals surface area (Å²) in [7, 11) is -4.14. The first-order valence-electron chi connectivity index (χ1n) is 9.02. The number of carbonyl (C=O) groups excluding carboxylic acids is 1. The van der Waals surface area contributed by atoms with E-state index in [1.54, 1.807) is 25.1 Å². The molecule has 0 bridgehead atoms. The fraction of sp³-hybridized carbons (Fsp3) is 0.350. The van der Waals surface area contributed by atoms with Crippen LogP contribution in [0.1, 0.15) is 41.6 Å². The van der Waals surface area contributed by atoms with E-state index in [-0.39, 0.29) is 15.7 Å². The number of hydrogen-bond donors (Lipinski definition) is 1. The zero-order valence-corrected chi connectivity index (χ0v) is 16.9. The Kier molecular flexibility index (Phi) is 6.25. The zero-order chi connectivity index (χ0) is 20.3. The normalized spacial score (nSPS) is 14.8. The molecular formula is C20H21ClFNO4S. The van der Waals surface area contributed by atoms with Crippen LogP contribution < -0.4 is 9.46 Å². The summed E-state index contributed by atoms with van der Waals surface area (Å²) in [6.45, 7) is 2.04. The van der Waals surface area contributed by atoms with Gasteiger partial charge in [0.1, 0.15) is 11.6 Å². The van der Waals surface area contributed by atoms with Crippen molar-refractivity contribution in [3.63, 3.8) is 0 Å². The van der Waals surface area contributed by atoms with Gasteiger partial charge in [0.25, 0.3) is 15.9 Å². The molecule has 1 N–H and O–H groups in total. The summed E-state index contributed by atoms with van der Waals surface area (Å²) >= 11 is 6.12. The highest BCUT2D eigenvalue weighted by atomic mass is 35.5. The van der Waals surface area contributed by atoms with Gasteiger partial charge in [-0.05, 0) is 43.4 Å². The van der Waals surface area contributed by atoms with Crippen LogP contribution in [0.5, 0.6) is 5.75 Å². The van der Waals surface area contributed by atoms with Crippen LogP contribution in [0.4, 0.5) is 4.39 Å². The molecule has 3 rings (SSSR count). The number of sulfonamides is 1. The molecule has 2 aromatic carbocycles. The molecule has 28 heavy (non-hydrogen) atoms. The molecule has 1 amide bonds. The molecule has 0 aliphatic heterocycles. The lowest BCUT2D eigenvalue weighted by molar-refractivity contribution is 0.0977. The maximum atomic E-state index is 14.4. The van der Waals surface area contributed by atoms with Crippen molar-refractivity contribution in [3.8, 4) is 5.75 Å². The van der Waals surface area contributed by atoms with E-state index in [1.807, 2.05) is 4.72 Å². The number of rotatable bonds is 6. The Bertz CT molecular complexity index is 988. The Labute approximate surface area is 168 Å². The van der Waals surface area contributed by atoms with Crippen LogP contribution in [0.25, 0.3) is 0 Å². The first-order chi connectivity index (χ1) is 13.3. The second-order valence-electron chi connectivity index (χ2n) is 6.92. The van der Waals surface area contributed by atoms with Gasteiger partial charge in [-0.3, -0.25) is 4.79 Å². The molecule has 0 spiro atoms. The molecule has 1 aliphatic rings. The van der Waals surface area contributed by atoms with Crippen molar-refractivity contribution in [2.24, 2.45) is 5.92 Å². The predicted octanol–water partition coefficient (Wildman–Crippen LogP) is 4.48. The molecule has 0 unspecified atom stereocenters. The molecule has 150 valence electrons. The third-order valence-corrected chi connectivity index (χ3v) is 6.61. The average molecular weight is 426 g/mol. The third-order valence-electron chi connectivity index (χ3n) is 4.83. The van der Waals surface area contributed by atoms with Gasteiger partial charge in [-0.1, -0.05) is 42.6 Å². The van der Waals surface area contributed by atoms with E-state index < -0.39 is 27.3 Å². The molecule has 0 radical (unpaired) electrons. The highest BCUT2D eigenvalue weighted by Crippen LogP contribution is 2.31. The van der Waals surface area contributed by atoms with Crippen LogP contribution in [0, 0.1) is 18.7 Å². The summed E-state index contributed by atoms with van der Waals surface area (Å²) in [5.74, 6) is -1.43. The SMILES string of the molecule is Cc1ccccc1S(=O)(=O)NC(=O)c1cc(Cl)c(OCC2CCCC2)cc1F. The van der Waals surface area contributed by atoms with E-state index in [0.29, 0.717) is 18.1 Å². The van der Waals surface area contributed by atoms with Gasteiger partial charge < -0.3 is 4.74 Å². The molecule has 1 fully saturated rings. The van der Waals surface area contributed by atoms with Crippen molar-refractivity contribution in [2.45, 2.75) is 37.5 Å². The van der Waals surface area contributed by atoms with Gasteiger partial charge >= 0.3 is 0 Å². The zero-order valence-electron chi connectivity index (χ0n) is 15.4. The average Bonchev–Trinajstić information content (AvgIpc) is 3.15. The maximum Gasteiger partial charge on any atom is 0.268 e. The highest BCUT2D eigenvalue weighted by Gasteiger charge is 2.24. The summed E-state index contributed by atoms with van der Waals surface area (Å²) in [4.78, 5) is 12.3. The van der Waals surface area contributed by atoms with Crippen molar-refractivity contribution in [1.29, 1.82) is 0 Å². The third kappa shape index (κ3) is 4.64. The molecule has 5 nitrogen and oxygen atoms in total. The van der Waals surface area contributed by atoms with Crippen LogP contribution in [0.3, 0.4) is 0 Å². The van der Waals surface area contributed by atoms with Crippen molar-refractivity contribution < 1.29 is 22.3 Å². The van der Waals surface area contributed by atoms with Gasteiger partial charge in [0.15, 0.2) is 0 Å². The second kappa shape index (κ2) is 8.49. The number of halogens is 2. The Morgan fingerprint density at radius 1 is 1.25 bits per heavy atom. The minimum atomic E-state index is -4.14. The lowest BCUT2D eigenvalue weighted by atomic mass is 10.1. The molecule has 1 saturated carbocycles. The number of nitrogens with one attached hydrogen (secondary N) is 1. The Hall–Kier alpha value is -2.12. The molecule has 8 heteroatoms. The molecule has 0 aromatic heterocycles. The lowest BCUT2D eigenvalue weighted by Crippen LogP contribution is -2.31. The van der Waals surface area contributed by atoms with Crippen LogP contribution >= 0.6 is 11.6 Å². The van der Waals surface area contributed by atoms with Crippen molar-refractivity contribution in [1.82, 2.24) is 4.72 Å². The summed E-state index contributed by atoms with van der Waals surface area (Å²) in [6, 6.07) is 8.30. The summed E-state index contributed by atoms with van der Waals surface area (Å²) in [5, 5.41) is 0.0536. The predicted molar refractivity (Wildman–Crippen MR) is 105 cm³/mol. The van der Waals surface area contributed by atoms with Gasteiger partial charge in [-0.15, -0.1) is 0 Å². The summed E-state index contributed by atoms with van der Waals surface area (Å²) < 4.78 is 46.8. The van der Waals surface area contributed by atoms with Crippen molar-refractivity contribution >= 4 is 27.5 Å². The Morgan fingerprint density at radius 3 is 2.61 bits per heavy atom. The molecule has 1 aliphatic carbocycles. The van der Waals surface area contributed by atoms with Crippen LogP contribution in [0.2, 0.25) is 5.02 Å². The second-order valence-corrected chi connectivity index (χ2v) is 8.98. The smallest absolute Gasteiger partial charge is 0.268 e. The quantitative estimate of drug-likeness (QED) is 0.740. The van der Waals surface area contributed by atoms with Gasteiger partial charge in [-0.25, -0.2) is 17.5 Å². The number of ether oxygens (including phenoxy) is 1. The number of aryl methyl sites for hydroxylation is 1. The Morgan fingerprint density at radius 2 is 1.93 bits per heavy atom. The molecule has 0 heterocycles. The number of hydrogen-bond acceptors (Lipinski definition) is 4. The minimum Gasteiger partial charge on any atom is -0.492 e. The lowest BCUT2D eigenvalue weighted by Gasteiger charge is -2.14. The largest absolute Gasteiger partial charge is 0.492 e. The number of benzene rings is 2. The van der Waals surface area contributed by atoms with Gasteiger partial charge in [0.05, 0.1) is 22.1 Å². The minimum absolute atomic E-state index is 0.0497. The standard InChI is InChI=1S/C20H21ClFNO4S/c1-13-6-2-5-9-19(13)28(25,26)23-20(24)15-10-16(21)18(11-17(15)22)27-12-14-7-3-4-8-14/h2,5-6,9-11,14H,3-4,7-8,12H2,1H3,(H,23,24). The molecule has 0 atom stereocenters. The van der Waals surface area contributed by atoms with Gasteiger partial charge in [0, 0.05) is 6.07 Å².